The zero-order valence-corrected chi connectivity index (χ0v) is 9.46. The monoisotopic (exact) mass is 230 g/mol. The van der Waals surface area contributed by atoms with Crippen LogP contribution in [0.5, 0.6) is 5.88 Å². The van der Waals surface area contributed by atoms with Gasteiger partial charge in [-0.05, 0) is 0 Å². The Balaban J connectivity index is 0.00000112. The zero-order valence-electron chi connectivity index (χ0n) is 8.64. The third kappa shape index (κ3) is 2.94. The molecular formula is C9H15ClN4O. The van der Waals surface area contributed by atoms with Crippen molar-refractivity contribution in [2.24, 2.45) is 0 Å². The van der Waals surface area contributed by atoms with Crippen LogP contribution in [-0.4, -0.2) is 43.3 Å². The minimum absolute atomic E-state index is 0. The van der Waals surface area contributed by atoms with Crippen molar-refractivity contribution in [1.82, 2.24) is 15.3 Å². The van der Waals surface area contributed by atoms with E-state index in [1.54, 1.807) is 19.5 Å². The number of aromatic nitrogens is 2. The number of hydrogen-bond acceptors (Lipinski definition) is 5. The molecule has 2 rings (SSSR count). The molecule has 0 amide bonds. The molecule has 6 heteroatoms. The number of piperazine rings is 1. The van der Waals surface area contributed by atoms with Crippen LogP contribution in [0, 0.1) is 0 Å². The van der Waals surface area contributed by atoms with E-state index in [9.17, 15) is 0 Å². The molecule has 1 aromatic heterocycles. The molecule has 0 radical (unpaired) electrons. The van der Waals surface area contributed by atoms with Gasteiger partial charge in [0.1, 0.15) is 0 Å². The maximum Gasteiger partial charge on any atom is 0.233 e. The summed E-state index contributed by atoms with van der Waals surface area (Å²) in [6.07, 6.45) is 3.39. The summed E-state index contributed by atoms with van der Waals surface area (Å²) in [6, 6.07) is 0. The third-order valence-corrected chi connectivity index (χ3v) is 2.25. The van der Waals surface area contributed by atoms with E-state index < -0.39 is 0 Å². The molecule has 5 nitrogen and oxygen atoms in total. The Bertz CT molecular complexity index is 304. The Labute approximate surface area is 95.3 Å². The van der Waals surface area contributed by atoms with Crippen molar-refractivity contribution in [3.8, 4) is 5.88 Å². The van der Waals surface area contributed by atoms with Crippen LogP contribution in [0.1, 0.15) is 0 Å². The number of methoxy groups -OCH3 is 1. The summed E-state index contributed by atoms with van der Waals surface area (Å²) >= 11 is 0. The summed E-state index contributed by atoms with van der Waals surface area (Å²) in [6.45, 7) is 3.95. The fraction of sp³-hybridized carbons (Fsp3) is 0.556. The van der Waals surface area contributed by atoms with Crippen molar-refractivity contribution in [1.29, 1.82) is 0 Å². The fourth-order valence-electron chi connectivity index (χ4n) is 1.48. The van der Waals surface area contributed by atoms with Crippen LogP contribution >= 0.6 is 12.4 Å². The van der Waals surface area contributed by atoms with Gasteiger partial charge in [-0.1, -0.05) is 0 Å². The van der Waals surface area contributed by atoms with Crippen molar-refractivity contribution < 1.29 is 4.74 Å². The largest absolute Gasteiger partial charge is 0.480 e. The van der Waals surface area contributed by atoms with Gasteiger partial charge in [-0.15, -0.1) is 12.4 Å². The van der Waals surface area contributed by atoms with Gasteiger partial charge in [0, 0.05) is 26.2 Å². The highest BCUT2D eigenvalue weighted by Crippen LogP contribution is 2.13. The van der Waals surface area contributed by atoms with Crippen molar-refractivity contribution in [2.75, 3.05) is 38.2 Å². The Morgan fingerprint density at radius 2 is 2.07 bits per heavy atom. The smallest absolute Gasteiger partial charge is 0.233 e. The first kappa shape index (κ1) is 12.0. The summed E-state index contributed by atoms with van der Waals surface area (Å²) in [5, 5.41) is 3.29. The number of hydrogen-bond donors (Lipinski definition) is 1. The molecule has 0 unspecified atom stereocenters. The molecule has 0 aromatic carbocycles. The quantitative estimate of drug-likeness (QED) is 0.793. The molecule has 0 atom stereocenters. The lowest BCUT2D eigenvalue weighted by Crippen LogP contribution is -2.43. The standard InChI is InChI=1S/C9H14N4O.ClH/c1-14-9-7-11-6-8(12-9)13-4-2-10-3-5-13;/h6-7,10H,2-5H2,1H3;1H. The Morgan fingerprint density at radius 1 is 1.33 bits per heavy atom. The van der Waals surface area contributed by atoms with Gasteiger partial charge in [0.25, 0.3) is 0 Å². The van der Waals surface area contributed by atoms with Crippen LogP contribution in [0.3, 0.4) is 0 Å². The molecule has 1 aliphatic heterocycles. The van der Waals surface area contributed by atoms with Gasteiger partial charge in [-0.3, -0.25) is 4.98 Å². The van der Waals surface area contributed by atoms with E-state index in [-0.39, 0.29) is 12.4 Å². The first-order valence-corrected chi connectivity index (χ1v) is 4.72. The highest BCUT2D eigenvalue weighted by molar-refractivity contribution is 5.85. The predicted molar refractivity (Wildman–Crippen MR) is 60.9 cm³/mol. The summed E-state index contributed by atoms with van der Waals surface area (Å²) in [5.74, 6) is 1.46. The average Bonchev–Trinajstić information content (AvgIpc) is 2.30. The van der Waals surface area contributed by atoms with Crippen LogP contribution in [0.2, 0.25) is 0 Å². The van der Waals surface area contributed by atoms with Gasteiger partial charge in [-0.2, -0.15) is 4.98 Å². The SMILES string of the molecule is COc1cncc(N2CCNCC2)n1.Cl. The Kier molecular flexibility index (Phi) is 4.58. The maximum atomic E-state index is 5.03. The summed E-state index contributed by atoms with van der Waals surface area (Å²) in [4.78, 5) is 10.6. The summed E-state index contributed by atoms with van der Waals surface area (Å²) in [5.41, 5.74) is 0. The van der Waals surface area contributed by atoms with Crippen molar-refractivity contribution >= 4 is 18.2 Å². The van der Waals surface area contributed by atoms with Gasteiger partial charge in [-0.25, -0.2) is 0 Å². The first-order valence-electron chi connectivity index (χ1n) is 4.72. The molecule has 0 bridgehead atoms. The van der Waals surface area contributed by atoms with Crippen LogP contribution in [0.15, 0.2) is 12.4 Å². The first-order chi connectivity index (χ1) is 6.90. The minimum atomic E-state index is 0. The van der Waals surface area contributed by atoms with Crippen LogP contribution < -0.4 is 15.0 Å². The molecule has 1 saturated heterocycles. The highest BCUT2D eigenvalue weighted by Gasteiger charge is 2.12. The number of nitrogens with zero attached hydrogens (tertiary/aromatic N) is 3. The second-order valence-electron chi connectivity index (χ2n) is 3.16. The van der Waals surface area contributed by atoms with E-state index >= 15 is 0 Å². The highest BCUT2D eigenvalue weighted by atomic mass is 35.5. The van der Waals surface area contributed by atoms with E-state index in [4.69, 9.17) is 4.74 Å². The minimum Gasteiger partial charge on any atom is -0.480 e. The number of ether oxygens (including phenoxy) is 1. The second kappa shape index (κ2) is 5.72. The average molecular weight is 231 g/mol. The lowest BCUT2D eigenvalue weighted by molar-refractivity contribution is 0.395. The molecule has 2 heterocycles. The normalized spacial score (nSPS) is 15.7. The molecule has 1 aliphatic rings. The van der Waals surface area contributed by atoms with Crippen LogP contribution in [-0.2, 0) is 0 Å². The second-order valence-corrected chi connectivity index (χ2v) is 3.16. The molecule has 0 saturated carbocycles. The number of anilines is 1. The molecule has 1 aromatic rings. The van der Waals surface area contributed by atoms with E-state index in [1.807, 2.05) is 0 Å². The van der Waals surface area contributed by atoms with Gasteiger partial charge in [0.05, 0.1) is 19.5 Å². The molecule has 0 aliphatic carbocycles. The topological polar surface area (TPSA) is 50.3 Å². The summed E-state index contributed by atoms with van der Waals surface area (Å²) in [7, 11) is 1.60. The number of rotatable bonds is 2. The van der Waals surface area contributed by atoms with Gasteiger partial charge < -0.3 is 15.0 Å². The third-order valence-electron chi connectivity index (χ3n) is 2.25. The molecule has 1 fully saturated rings. The van der Waals surface area contributed by atoms with E-state index in [1.165, 1.54) is 0 Å². The Hall–Kier alpha value is -1.07. The molecule has 1 N–H and O–H groups in total. The van der Waals surface area contributed by atoms with Crippen molar-refractivity contribution in [2.45, 2.75) is 0 Å². The molecule has 15 heavy (non-hydrogen) atoms. The molecular weight excluding hydrogens is 216 g/mol. The number of halogens is 1. The lowest BCUT2D eigenvalue weighted by atomic mass is 10.3. The predicted octanol–water partition coefficient (Wildman–Crippen LogP) is 0.317. The van der Waals surface area contributed by atoms with Gasteiger partial charge in [0.2, 0.25) is 5.88 Å². The van der Waals surface area contributed by atoms with E-state index in [0.29, 0.717) is 5.88 Å². The molecule has 0 spiro atoms. The van der Waals surface area contributed by atoms with E-state index in [0.717, 1.165) is 32.0 Å². The van der Waals surface area contributed by atoms with Gasteiger partial charge >= 0.3 is 0 Å². The van der Waals surface area contributed by atoms with E-state index in [2.05, 4.69) is 20.2 Å². The lowest BCUT2D eigenvalue weighted by Gasteiger charge is -2.28. The van der Waals surface area contributed by atoms with Crippen LogP contribution in [0.4, 0.5) is 5.82 Å². The maximum absolute atomic E-state index is 5.03. The van der Waals surface area contributed by atoms with Crippen molar-refractivity contribution in [3.05, 3.63) is 12.4 Å². The molecule has 84 valence electrons. The fourth-order valence-corrected chi connectivity index (χ4v) is 1.48. The summed E-state index contributed by atoms with van der Waals surface area (Å²) < 4.78 is 5.03. The van der Waals surface area contributed by atoms with Gasteiger partial charge in [0.15, 0.2) is 5.82 Å². The zero-order chi connectivity index (χ0) is 9.80. The Morgan fingerprint density at radius 3 is 2.73 bits per heavy atom. The van der Waals surface area contributed by atoms with Crippen molar-refractivity contribution in [3.63, 3.8) is 0 Å². The number of nitrogens with one attached hydrogen (secondary N) is 1. The van der Waals surface area contributed by atoms with Crippen LogP contribution in [0.25, 0.3) is 0 Å².